The lowest BCUT2D eigenvalue weighted by Crippen LogP contribution is -2.44. The van der Waals surface area contributed by atoms with E-state index in [0.717, 1.165) is 42.9 Å². The molecule has 0 aliphatic heterocycles. The summed E-state index contributed by atoms with van der Waals surface area (Å²) in [5, 5.41) is 0. The Morgan fingerprint density at radius 1 is 1.48 bits per heavy atom. The number of carbonyl (C=O) groups excluding carboxylic acids is 1. The first-order valence-electron chi connectivity index (χ1n) is 8.94. The number of fused-ring (bicyclic) bond motifs is 1. The number of amides is 1. The lowest BCUT2D eigenvalue weighted by Gasteiger charge is -2.36. The quantitative estimate of drug-likeness (QED) is 0.635. The second-order valence-corrected chi connectivity index (χ2v) is 7.26. The Morgan fingerprint density at radius 3 is 2.92 bits per heavy atom. The third-order valence-electron chi connectivity index (χ3n) is 4.75. The highest BCUT2D eigenvalue weighted by Crippen LogP contribution is 2.32. The molecule has 0 fully saturated rings. The van der Waals surface area contributed by atoms with Crippen LogP contribution in [-0.4, -0.2) is 36.8 Å². The number of thioether (sulfide) groups is 1. The molecule has 136 valence electrons. The average Bonchev–Trinajstić information content (AvgIpc) is 2.64. The van der Waals surface area contributed by atoms with Gasteiger partial charge in [-0.1, -0.05) is 37.8 Å². The number of nitrogens with zero attached hydrogens (tertiary/aromatic N) is 1. The number of benzene rings is 1. The van der Waals surface area contributed by atoms with Gasteiger partial charge < -0.3 is 9.64 Å². The fraction of sp³-hybridized carbons (Fsp3) is 0.476. The van der Waals surface area contributed by atoms with Crippen LogP contribution in [0, 0.1) is 0 Å². The van der Waals surface area contributed by atoms with Crippen molar-refractivity contribution in [3.8, 4) is 5.75 Å². The topological polar surface area (TPSA) is 29.5 Å². The molecule has 1 amide bonds. The van der Waals surface area contributed by atoms with Gasteiger partial charge in [-0.15, -0.1) is 11.8 Å². The van der Waals surface area contributed by atoms with Crippen LogP contribution in [0.4, 0.5) is 0 Å². The zero-order valence-corrected chi connectivity index (χ0v) is 16.4. The first-order valence-corrected chi connectivity index (χ1v) is 10.2. The van der Waals surface area contributed by atoms with E-state index in [-0.39, 0.29) is 11.9 Å². The summed E-state index contributed by atoms with van der Waals surface area (Å²) in [7, 11) is 1.73. The third-order valence-corrected chi connectivity index (χ3v) is 5.55. The normalized spacial score (nSPS) is 16.9. The van der Waals surface area contributed by atoms with Crippen LogP contribution in [0.3, 0.4) is 0 Å². The first kappa shape index (κ1) is 19.6. The molecular formula is C21H29NO2S. The van der Waals surface area contributed by atoms with Gasteiger partial charge in [0.1, 0.15) is 5.75 Å². The highest BCUT2D eigenvalue weighted by molar-refractivity contribution is 8.02. The maximum atomic E-state index is 12.9. The van der Waals surface area contributed by atoms with Crippen molar-refractivity contribution in [2.45, 2.75) is 45.1 Å². The molecule has 1 aromatic carbocycles. The molecule has 4 heteroatoms. The lowest BCUT2D eigenvalue weighted by atomic mass is 9.86. The van der Waals surface area contributed by atoms with E-state index in [0.29, 0.717) is 6.42 Å². The number of hydrogen-bond donors (Lipinski definition) is 0. The minimum Gasteiger partial charge on any atom is -0.496 e. The number of allylic oxidation sites excluding steroid dienone is 2. The molecule has 0 radical (unpaired) electrons. The number of methoxy groups -OCH3 is 1. The van der Waals surface area contributed by atoms with Gasteiger partial charge in [0, 0.05) is 12.6 Å². The Hall–Kier alpha value is -1.68. The Kier molecular flexibility index (Phi) is 7.63. The maximum Gasteiger partial charge on any atom is 0.227 e. The van der Waals surface area contributed by atoms with E-state index in [4.69, 9.17) is 4.74 Å². The Labute approximate surface area is 156 Å². The molecule has 1 atom stereocenters. The van der Waals surface area contributed by atoms with Gasteiger partial charge in [0.15, 0.2) is 0 Å². The van der Waals surface area contributed by atoms with Gasteiger partial charge in [-0.25, -0.2) is 0 Å². The van der Waals surface area contributed by atoms with Gasteiger partial charge in [-0.05, 0) is 54.0 Å². The first-order chi connectivity index (χ1) is 12.1. The van der Waals surface area contributed by atoms with Crippen LogP contribution < -0.4 is 4.74 Å². The van der Waals surface area contributed by atoms with Crippen LogP contribution in [0.2, 0.25) is 0 Å². The fourth-order valence-electron chi connectivity index (χ4n) is 3.54. The van der Waals surface area contributed by atoms with Crippen molar-refractivity contribution in [1.29, 1.82) is 0 Å². The van der Waals surface area contributed by atoms with E-state index in [1.54, 1.807) is 24.9 Å². The van der Waals surface area contributed by atoms with Crippen LogP contribution >= 0.6 is 11.8 Å². The second-order valence-electron chi connectivity index (χ2n) is 6.33. The van der Waals surface area contributed by atoms with Gasteiger partial charge in [0.25, 0.3) is 0 Å². The Bertz CT molecular complexity index is 639. The molecule has 0 heterocycles. The molecule has 0 aromatic heterocycles. The number of carbonyl (C=O) groups is 1. The van der Waals surface area contributed by atoms with E-state index >= 15 is 0 Å². The van der Waals surface area contributed by atoms with E-state index < -0.39 is 0 Å². The van der Waals surface area contributed by atoms with Crippen molar-refractivity contribution in [2.75, 3.05) is 19.9 Å². The highest BCUT2D eigenvalue weighted by Gasteiger charge is 2.28. The third kappa shape index (κ3) is 4.91. The molecule has 2 rings (SSSR count). The van der Waals surface area contributed by atoms with Gasteiger partial charge in [-0.3, -0.25) is 4.79 Å². The summed E-state index contributed by atoms with van der Waals surface area (Å²) in [5.74, 6) is 1.20. The van der Waals surface area contributed by atoms with E-state index in [1.165, 1.54) is 11.1 Å². The fourth-order valence-corrected chi connectivity index (χ4v) is 4.04. The summed E-state index contributed by atoms with van der Waals surface area (Å²) < 4.78 is 5.50. The molecule has 1 unspecified atom stereocenters. The summed E-state index contributed by atoms with van der Waals surface area (Å²) in [4.78, 5) is 16.1. The lowest BCUT2D eigenvalue weighted by molar-refractivity contribution is -0.133. The average molecular weight is 360 g/mol. The summed E-state index contributed by atoms with van der Waals surface area (Å²) in [6.45, 7) is 6.69. The van der Waals surface area contributed by atoms with Crippen molar-refractivity contribution in [2.24, 2.45) is 0 Å². The van der Waals surface area contributed by atoms with Gasteiger partial charge >= 0.3 is 0 Å². The molecule has 1 aliphatic carbocycles. The van der Waals surface area contributed by atoms with Crippen LogP contribution in [0.15, 0.2) is 41.8 Å². The molecule has 0 bridgehead atoms. The van der Waals surface area contributed by atoms with E-state index in [2.05, 4.69) is 24.5 Å². The van der Waals surface area contributed by atoms with E-state index in [1.807, 2.05) is 24.5 Å². The molecule has 0 saturated heterocycles. The van der Waals surface area contributed by atoms with Crippen LogP contribution in [0.1, 0.15) is 37.3 Å². The van der Waals surface area contributed by atoms with Gasteiger partial charge in [-0.2, -0.15) is 0 Å². The zero-order valence-electron chi connectivity index (χ0n) is 15.6. The van der Waals surface area contributed by atoms with Crippen molar-refractivity contribution >= 4 is 17.7 Å². The highest BCUT2D eigenvalue weighted by atomic mass is 32.2. The van der Waals surface area contributed by atoms with Gasteiger partial charge in [0.2, 0.25) is 5.91 Å². The zero-order chi connectivity index (χ0) is 18.2. The summed E-state index contributed by atoms with van der Waals surface area (Å²) in [6.07, 6.45) is 10.0. The van der Waals surface area contributed by atoms with Crippen LogP contribution in [0.25, 0.3) is 0 Å². The smallest absolute Gasteiger partial charge is 0.227 e. The summed E-state index contributed by atoms with van der Waals surface area (Å²) in [5.41, 5.74) is 2.62. The Morgan fingerprint density at radius 2 is 2.28 bits per heavy atom. The summed E-state index contributed by atoms with van der Waals surface area (Å²) >= 11 is 1.62. The SMILES string of the molecule is C=C/C=C(/CC(=O)N(CCC)C1CCc2c(cccc2OC)C1)SC. The van der Waals surface area contributed by atoms with Crippen molar-refractivity contribution < 1.29 is 9.53 Å². The maximum absolute atomic E-state index is 12.9. The summed E-state index contributed by atoms with van der Waals surface area (Å²) in [6, 6.07) is 6.52. The van der Waals surface area contributed by atoms with Crippen molar-refractivity contribution in [3.05, 3.63) is 53.0 Å². The monoisotopic (exact) mass is 359 g/mol. The van der Waals surface area contributed by atoms with Crippen LogP contribution in [-0.2, 0) is 17.6 Å². The molecule has 0 saturated carbocycles. The minimum atomic E-state index is 0.223. The van der Waals surface area contributed by atoms with Crippen LogP contribution in [0.5, 0.6) is 5.75 Å². The predicted molar refractivity (Wildman–Crippen MR) is 107 cm³/mol. The molecule has 0 N–H and O–H groups in total. The van der Waals surface area contributed by atoms with Crippen molar-refractivity contribution in [1.82, 2.24) is 4.90 Å². The molecule has 1 aromatic rings. The molecule has 1 aliphatic rings. The largest absolute Gasteiger partial charge is 0.496 e. The van der Waals surface area contributed by atoms with E-state index in [9.17, 15) is 4.79 Å². The number of rotatable bonds is 8. The van der Waals surface area contributed by atoms with Crippen molar-refractivity contribution in [3.63, 3.8) is 0 Å². The molecule has 25 heavy (non-hydrogen) atoms. The molecule has 3 nitrogen and oxygen atoms in total. The predicted octanol–water partition coefficient (Wildman–Crippen LogP) is 4.61. The number of ether oxygens (including phenoxy) is 1. The standard InChI is InChI=1S/C21H29NO2S/c1-5-8-18(25-4)15-21(23)22(13-6-2)17-11-12-19-16(14-17)9-7-10-20(19)24-3/h5,7-10,17H,1,6,11-15H2,2-4H3/b18-8-. The van der Waals surface area contributed by atoms with Gasteiger partial charge in [0.05, 0.1) is 13.5 Å². The molecular weight excluding hydrogens is 330 g/mol. The molecule has 0 spiro atoms. The Balaban J connectivity index is 2.16. The number of hydrogen-bond acceptors (Lipinski definition) is 3. The minimum absolute atomic E-state index is 0.223. The second kappa shape index (κ2) is 9.71.